The molecule has 0 rings (SSSR count). The van der Waals surface area contributed by atoms with Crippen molar-refractivity contribution >= 4 is 13.7 Å². The molecule has 8 nitrogen and oxygen atoms in total. The van der Waals surface area contributed by atoms with E-state index >= 15 is 0 Å². The van der Waals surface area contributed by atoms with Gasteiger partial charge in [0.15, 0.2) is 0 Å². The van der Waals surface area contributed by atoms with Gasteiger partial charge in [0.2, 0.25) is 5.91 Å². The Kier molecular flexibility index (Phi) is 61.9. The summed E-state index contributed by atoms with van der Waals surface area (Å²) in [6.07, 6.45) is 92.4. The number of hydrogen-bond acceptors (Lipinski definition) is 6. The van der Waals surface area contributed by atoms with E-state index in [9.17, 15) is 19.4 Å². The Bertz CT molecular complexity index is 1670. The minimum Gasteiger partial charge on any atom is -0.756 e. The van der Waals surface area contributed by atoms with Crippen LogP contribution < -0.4 is 10.2 Å². The van der Waals surface area contributed by atoms with E-state index in [1.807, 2.05) is 27.2 Å². The van der Waals surface area contributed by atoms with E-state index in [1.54, 1.807) is 6.08 Å². The van der Waals surface area contributed by atoms with Crippen LogP contribution in [-0.4, -0.2) is 68.5 Å². The number of rotatable bonds is 64. The van der Waals surface area contributed by atoms with Crippen LogP contribution in [0.2, 0.25) is 0 Å². The van der Waals surface area contributed by atoms with Gasteiger partial charge in [0.25, 0.3) is 7.82 Å². The second kappa shape index (κ2) is 63.9. The van der Waals surface area contributed by atoms with Crippen molar-refractivity contribution in [3.63, 3.8) is 0 Å². The van der Waals surface area contributed by atoms with Gasteiger partial charge in [-0.25, -0.2) is 0 Å². The maximum Gasteiger partial charge on any atom is 0.268 e. The highest BCUT2D eigenvalue weighted by atomic mass is 31.2. The third kappa shape index (κ3) is 66.8. The maximum absolute atomic E-state index is 13.0. The molecule has 0 aliphatic rings. The van der Waals surface area contributed by atoms with Crippen molar-refractivity contribution in [2.45, 2.75) is 328 Å². The second-order valence-electron chi connectivity index (χ2n) is 24.9. The predicted molar refractivity (Wildman–Crippen MR) is 362 cm³/mol. The summed E-state index contributed by atoms with van der Waals surface area (Å²) in [4.78, 5) is 25.6. The zero-order chi connectivity index (χ0) is 60.5. The van der Waals surface area contributed by atoms with Crippen molar-refractivity contribution in [2.24, 2.45) is 0 Å². The van der Waals surface area contributed by atoms with Gasteiger partial charge in [0.05, 0.1) is 39.9 Å². The van der Waals surface area contributed by atoms with E-state index in [1.165, 1.54) is 205 Å². The maximum atomic E-state index is 13.0. The van der Waals surface area contributed by atoms with Crippen molar-refractivity contribution in [2.75, 3.05) is 40.9 Å². The molecule has 0 heterocycles. The number of carbonyl (C=O) groups excluding carboxylic acids is 1. The minimum absolute atomic E-state index is 0.00609. The molecule has 0 fully saturated rings. The lowest BCUT2D eigenvalue weighted by atomic mass is 10.0. The number of nitrogens with one attached hydrogen (secondary N) is 1. The SMILES string of the molecule is CC/C=C\C/C=C\C/C=C\C/C=C\C/C=C\C/C=C\C/C=C\CCCCCCCCCCCC(=O)NC(COP(=O)([O-])OCC[N+](C)(C)C)C(O)/C=C/CCCCCCCCCCCCCCCCCCCCCCCCCCCCCC. The minimum atomic E-state index is -4.61. The van der Waals surface area contributed by atoms with Crippen LogP contribution >= 0.6 is 7.82 Å². The van der Waals surface area contributed by atoms with E-state index in [4.69, 9.17) is 9.05 Å². The molecule has 1 amide bonds. The summed E-state index contributed by atoms with van der Waals surface area (Å²) in [6, 6.07) is -0.898. The first-order valence-electron chi connectivity index (χ1n) is 35.1. The van der Waals surface area contributed by atoms with Crippen LogP contribution in [0.25, 0.3) is 0 Å². The summed E-state index contributed by atoms with van der Waals surface area (Å²) in [5.74, 6) is -0.204. The van der Waals surface area contributed by atoms with Crippen LogP contribution in [0.3, 0.4) is 0 Å². The van der Waals surface area contributed by atoms with Crippen LogP contribution in [0, 0.1) is 0 Å². The molecule has 482 valence electrons. The quantitative estimate of drug-likeness (QED) is 0.0272. The molecule has 3 atom stereocenters. The molecule has 0 aromatic heterocycles. The summed E-state index contributed by atoms with van der Waals surface area (Å²) in [6.45, 7) is 4.56. The van der Waals surface area contributed by atoms with E-state index in [-0.39, 0.29) is 19.1 Å². The van der Waals surface area contributed by atoms with Crippen LogP contribution in [0.15, 0.2) is 97.2 Å². The number of likely N-dealkylation sites (N-methyl/N-ethyl adjacent to an activating group) is 1. The van der Waals surface area contributed by atoms with Crippen molar-refractivity contribution in [3.05, 3.63) is 97.2 Å². The molecule has 0 saturated carbocycles. The van der Waals surface area contributed by atoms with Crippen molar-refractivity contribution in [3.8, 4) is 0 Å². The Morgan fingerprint density at radius 3 is 1.07 bits per heavy atom. The molecule has 3 unspecified atom stereocenters. The van der Waals surface area contributed by atoms with Gasteiger partial charge in [-0.1, -0.05) is 329 Å². The van der Waals surface area contributed by atoms with Gasteiger partial charge < -0.3 is 28.8 Å². The number of aliphatic hydroxyl groups is 1. The number of hydrogen-bond donors (Lipinski definition) is 2. The van der Waals surface area contributed by atoms with Gasteiger partial charge in [0, 0.05) is 6.42 Å². The lowest BCUT2D eigenvalue weighted by Gasteiger charge is -2.29. The summed E-state index contributed by atoms with van der Waals surface area (Å²) in [7, 11) is 1.25. The monoisotopic (exact) mass is 1180 g/mol. The highest BCUT2D eigenvalue weighted by Crippen LogP contribution is 2.38. The van der Waals surface area contributed by atoms with Gasteiger partial charge in [-0.2, -0.15) is 0 Å². The fourth-order valence-electron chi connectivity index (χ4n) is 10.1. The highest BCUT2D eigenvalue weighted by Gasteiger charge is 2.23. The number of nitrogens with zero attached hydrogens (tertiary/aromatic N) is 1. The van der Waals surface area contributed by atoms with Crippen molar-refractivity contribution in [1.82, 2.24) is 5.32 Å². The molecular formula is C74H135N2O6P. The fourth-order valence-corrected chi connectivity index (χ4v) is 10.9. The van der Waals surface area contributed by atoms with Crippen molar-refractivity contribution < 1.29 is 32.9 Å². The lowest BCUT2D eigenvalue weighted by Crippen LogP contribution is -2.45. The summed E-state index contributed by atoms with van der Waals surface area (Å²) in [5, 5.41) is 14.0. The number of quaternary nitrogens is 1. The molecule has 0 aromatic rings. The standard InChI is InChI=1S/C74H135N2O6P/c1-6-8-10-12-14-16-18-20-22-24-26-28-30-32-34-36-38-40-42-44-46-48-50-52-54-56-58-60-62-64-66-68-74(78)75-72(71-82-83(79,80)81-70-69-76(3,4)5)73(77)67-65-63-61-59-57-55-53-51-49-47-45-43-41-39-37-35-33-31-29-27-25-23-21-19-17-15-13-11-9-7-2/h8,10,14,16,20,22,26,28,32,34,38,40,44,46,65,67,72-73,77H,6-7,9,11-13,15,17-19,21,23-25,27,29-31,33,35-37,39,41-43,45,47-64,66,68-71H2,1-5H3,(H-,75,78,79,80)/b10-8-,16-14-,22-20-,28-26-,34-32-,40-38-,46-44-,67-65+. The normalized spacial score (nSPS) is 14.3. The molecule has 0 aliphatic heterocycles. The average molecular weight is 1180 g/mol. The number of amides is 1. The molecule has 0 bridgehead atoms. The van der Waals surface area contributed by atoms with Gasteiger partial charge in [-0.3, -0.25) is 9.36 Å². The van der Waals surface area contributed by atoms with E-state index in [0.29, 0.717) is 17.4 Å². The van der Waals surface area contributed by atoms with E-state index < -0.39 is 20.0 Å². The molecular weight excluding hydrogens is 1040 g/mol. The largest absolute Gasteiger partial charge is 0.756 e. The predicted octanol–water partition coefficient (Wildman–Crippen LogP) is 21.9. The van der Waals surface area contributed by atoms with Gasteiger partial charge in [0.1, 0.15) is 13.2 Å². The van der Waals surface area contributed by atoms with E-state index in [0.717, 1.165) is 89.9 Å². The Morgan fingerprint density at radius 2 is 0.735 bits per heavy atom. The van der Waals surface area contributed by atoms with Crippen LogP contribution in [0.4, 0.5) is 0 Å². The molecule has 0 aromatic carbocycles. The number of allylic oxidation sites excluding steroid dienone is 15. The topological polar surface area (TPSA) is 108 Å². The zero-order valence-electron chi connectivity index (χ0n) is 55.1. The van der Waals surface area contributed by atoms with E-state index in [2.05, 4.69) is 104 Å². The zero-order valence-corrected chi connectivity index (χ0v) is 56.0. The first-order valence-corrected chi connectivity index (χ1v) is 36.6. The number of unbranched alkanes of at least 4 members (excludes halogenated alkanes) is 37. The number of aliphatic hydroxyl groups excluding tert-OH is 1. The number of carbonyl (C=O) groups is 1. The summed E-state index contributed by atoms with van der Waals surface area (Å²) in [5.41, 5.74) is 0. The van der Waals surface area contributed by atoms with Gasteiger partial charge >= 0.3 is 0 Å². The Balaban J connectivity index is 4.12. The third-order valence-corrected chi connectivity index (χ3v) is 16.5. The number of phosphoric ester groups is 1. The summed E-state index contributed by atoms with van der Waals surface area (Å²) < 4.78 is 23.5. The van der Waals surface area contributed by atoms with Gasteiger partial charge in [-0.15, -0.1) is 0 Å². The Hall–Kier alpha value is -2.58. The van der Waals surface area contributed by atoms with Crippen LogP contribution in [-0.2, 0) is 18.4 Å². The first-order chi connectivity index (χ1) is 40.5. The Morgan fingerprint density at radius 1 is 0.434 bits per heavy atom. The first kappa shape index (κ1) is 80.4. The smallest absolute Gasteiger partial charge is 0.268 e. The molecule has 9 heteroatoms. The number of phosphoric acid groups is 1. The second-order valence-corrected chi connectivity index (χ2v) is 26.3. The summed E-state index contributed by atoms with van der Waals surface area (Å²) >= 11 is 0. The lowest BCUT2D eigenvalue weighted by molar-refractivity contribution is -0.870. The van der Waals surface area contributed by atoms with Crippen LogP contribution in [0.1, 0.15) is 316 Å². The third-order valence-electron chi connectivity index (χ3n) is 15.5. The Labute approximate surface area is 515 Å². The van der Waals surface area contributed by atoms with Crippen molar-refractivity contribution in [1.29, 1.82) is 0 Å². The van der Waals surface area contributed by atoms with Gasteiger partial charge in [-0.05, 0) is 77.0 Å². The highest BCUT2D eigenvalue weighted by molar-refractivity contribution is 7.45. The van der Waals surface area contributed by atoms with Crippen LogP contribution in [0.5, 0.6) is 0 Å². The molecule has 0 radical (unpaired) electrons. The molecule has 83 heavy (non-hydrogen) atoms. The molecule has 0 spiro atoms. The fraction of sp³-hybridized carbons (Fsp3) is 0.770. The molecule has 2 N–H and O–H groups in total. The average Bonchev–Trinajstić information content (AvgIpc) is 3.49. The molecule has 0 aliphatic carbocycles. The molecule has 0 saturated heterocycles.